The number of rotatable bonds is 7. The van der Waals surface area contributed by atoms with Crippen LogP contribution in [-0.4, -0.2) is 36.2 Å². The van der Waals surface area contributed by atoms with Gasteiger partial charge in [0.2, 0.25) is 0 Å². The van der Waals surface area contributed by atoms with Crippen LogP contribution in [0.25, 0.3) is 10.8 Å². The van der Waals surface area contributed by atoms with Gasteiger partial charge in [-0.05, 0) is 24.4 Å². The summed E-state index contributed by atoms with van der Waals surface area (Å²) >= 11 is 0. The van der Waals surface area contributed by atoms with Crippen molar-refractivity contribution in [2.24, 2.45) is 0 Å². The molecule has 2 aromatic carbocycles. The average molecular weight is 301 g/mol. The molecule has 4 nitrogen and oxygen atoms in total. The van der Waals surface area contributed by atoms with E-state index in [9.17, 15) is 9.90 Å². The summed E-state index contributed by atoms with van der Waals surface area (Å²) in [6.45, 7) is 6.32. The zero-order valence-electron chi connectivity index (χ0n) is 13.3. The summed E-state index contributed by atoms with van der Waals surface area (Å²) in [5.41, 5.74) is 0.685. The molecule has 0 saturated heterocycles. The number of carbonyl (C=O) groups excluding carboxylic acids is 1. The first-order valence-corrected chi connectivity index (χ1v) is 7.56. The van der Waals surface area contributed by atoms with Crippen molar-refractivity contribution < 1.29 is 14.6 Å². The zero-order valence-corrected chi connectivity index (χ0v) is 13.3. The number of aliphatic hydroxyl groups is 1. The molecule has 0 aliphatic carbocycles. The van der Waals surface area contributed by atoms with Gasteiger partial charge in [0.1, 0.15) is 18.5 Å². The summed E-state index contributed by atoms with van der Waals surface area (Å²) in [5.74, 6) is 0.716. The number of hydrogen-bond donors (Lipinski definition) is 2. The normalized spacial score (nSPS) is 12.6. The molecule has 0 unspecified atom stereocenters. The third kappa shape index (κ3) is 4.06. The van der Waals surface area contributed by atoms with Gasteiger partial charge in [-0.2, -0.15) is 0 Å². The van der Waals surface area contributed by atoms with Crippen molar-refractivity contribution in [3.63, 3.8) is 0 Å². The number of aliphatic hydroxyl groups excluding tert-OH is 1. The van der Waals surface area contributed by atoms with Crippen LogP contribution < -0.4 is 10.1 Å². The number of Topliss-reactive ketones (excluding diaryl/α,β-unsaturated/α-hetero) is 1. The zero-order chi connectivity index (χ0) is 16.1. The van der Waals surface area contributed by atoms with E-state index in [4.69, 9.17) is 4.74 Å². The molecule has 4 heteroatoms. The van der Waals surface area contributed by atoms with Crippen molar-refractivity contribution in [1.82, 2.24) is 5.32 Å². The van der Waals surface area contributed by atoms with Crippen LogP contribution >= 0.6 is 0 Å². The highest BCUT2D eigenvalue weighted by molar-refractivity contribution is 6.08. The molecule has 0 saturated carbocycles. The Morgan fingerprint density at radius 3 is 2.50 bits per heavy atom. The van der Waals surface area contributed by atoms with E-state index in [1.165, 1.54) is 0 Å². The maximum Gasteiger partial charge on any atom is 0.160 e. The van der Waals surface area contributed by atoms with E-state index in [-0.39, 0.29) is 12.4 Å². The Balaban J connectivity index is 2.15. The fraction of sp³-hybridized carbons (Fsp3) is 0.389. The van der Waals surface area contributed by atoms with Crippen LogP contribution in [0.5, 0.6) is 5.75 Å². The lowest BCUT2D eigenvalue weighted by Crippen LogP contribution is -2.35. The SMILES string of the molecule is CC(=O)c1ccc(OC[C@@H](O)CNC(C)C)c2ccccc12. The van der Waals surface area contributed by atoms with Gasteiger partial charge in [0.05, 0.1) is 0 Å². The van der Waals surface area contributed by atoms with Crippen LogP contribution in [0.1, 0.15) is 31.1 Å². The van der Waals surface area contributed by atoms with E-state index in [1.807, 2.05) is 38.1 Å². The molecule has 0 spiro atoms. The standard InChI is InChI=1S/C18H23NO3/c1-12(2)19-10-14(21)11-22-18-9-8-15(13(3)20)16-6-4-5-7-17(16)18/h4-9,12,14,19,21H,10-11H2,1-3H3/t14-/m0/s1. The molecule has 2 N–H and O–H groups in total. The molecule has 0 heterocycles. The molecule has 22 heavy (non-hydrogen) atoms. The highest BCUT2D eigenvalue weighted by Crippen LogP contribution is 2.28. The molecular weight excluding hydrogens is 278 g/mol. The first kappa shape index (κ1) is 16.5. The van der Waals surface area contributed by atoms with Crippen molar-refractivity contribution in [2.75, 3.05) is 13.2 Å². The van der Waals surface area contributed by atoms with Gasteiger partial charge in [-0.25, -0.2) is 0 Å². The molecule has 1 atom stereocenters. The fourth-order valence-corrected chi connectivity index (χ4v) is 2.32. The molecule has 0 aromatic heterocycles. The van der Waals surface area contributed by atoms with Gasteiger partial charge in [0.15, 0.2) is 5.78 Å². The molecule has 0 bridgehead atoms. The highest BCUT2D eigenvalue weighted by Gasteiger charge is 2.11. The number of benzene rings is 2. The van der Waals surface area contributed by atoms with Crippen molar-refractivity contribution >= 4 is 16.6 Å². The Kier molecular flexibility index (Phi) is 5.52. The molecule has 2 aromatic rings. The number of hydrogen-bond acceptors (Lipinski definition) is 4. The van der Waals surface area contributed by atoms with Crippen molar-refractivity contribution in [3.8, 4) is 5.75 Å². The maximum absolute atomic E-state index is 11.7. The van der Waals surface area contributed by atoms with Gasteiger partial charge in [-0.3, -0.25) is 4.79 Å². The largest absolute Gasteiger partial charge is 0.490 e. The molecule has 0 aliphatic rings. The Labute approximate surface area is 131 Å². The van der Waals surface area contributed by atoms with Crippen LogP contribution in [0.4, 0.5) is 0 Å². The van der Waals surface area contributed by atoms with E-state index in [0.29, 0.717) is 23.9 Å². The van der Waals surface area contributed by atoms with E-state index in [2.05, 4.69) is 5.32 Å². The molecule has 0 amide bonds. The number of ketones is 1. The lowest BCUT2D eigenvalue weighted by molar-refractivity contribution is 0.101. The van der Waals surface area contributed by atoms with Gasteiger partial charge < -0.3 is 15.2 Å². The number of fused-ring (bicyclic) bond motifs is 1. The van der Waals surface area contributed by atoms with Gasteiger partial charge in [-0.15, -0.1) is 0 Å². The van der Waals surface area contributed by atoms with Crippen molar-refractivity contribution in [2.45, 2.75) is 32.9 Å². The summed E-state index contributed by atoms with van der Waals surface area (Å²) in [6.07, 6.45) is -0.575. The molecule has 2 rings (SSSR count). The van der Waals surface area contributed by atoms with Crippen molar-refractivity contribution in [1.29, 1.82) is 0 Å². The van der Waals surface area contributed by atoms with Gasteiger partial charge in [-0.1, -0.05) is 38.1 Å². The monoisotopic (exact) mass is 301 g/mol. The van der Waals surface area contributed by atoms with E-state index in [0.717, 1.165) is 10.8 Å². The second-order valence-corrected chi connectivity index (χ2v) is 5.74. The average Bonchev–Trinajstić information content (AvgIpc) is 2.50. The lowest BCUT2D eigenvalue weighted by atomic mass is 10.0. The third-order valence-corrected chi connectivity index (χ3v) is 3.46. The smallest absolute Gasteiger partial charge is 0.160 e. The van der Waals surface area contributed by atoms with Gasteiger partial charge in [0.25, 0.3) is 0 Å². The summed E-state index contributed by atoms with van der Waals surface area (Å²) in [6, 6.07) is 11.5. The summed E-state index contributed by atoms with van der Waals surface area (Å²) < 4.78 is 5.75. The van der Waals surface area contributed by atoms with Crippen LogP contribution in [0.3, 0.4) is 0 Å². The third-order valence-electron chi connectivity index (χ3n) is 3.46. The topological polar surface area (TPSA) is 58.6 Å². The Bertz CT molecular complexity index is 652. The second kappa shape index (κ2) is 7.38. The number of nitrogens with one attached hydrogen (secondary N) is 1. The molecule has 0 fully saturated rings. The van der Waals surface area contributed by atoms with Crippen LogP contribution in [0, 0.1) is 0 Å². The highest BCUT2D eigenvalue weighted by atomic mass is 16.5. The molecule has 0 aliphatic heterocycles. The first-order valence-electron chi connectivity index (χ1n) is 7.56. The molecule has 0 radical (unpaired) electrons. The summed E-state index contributed by atoms with van der Waals surface area (Å²) in [4.78, 5) is 11.7. The Morgan fingerprint density at radius 2 is 1.86 bits per heavy atom. The van der Waals surface area contributed by atoms with Crippen LogP contribution in [0.2, 0.25) is 0 Å². The minimum atomic E-state index is -0.575. The van der Waals surface area contributed by atoms with Crippen molar-refractivity contribution in [3.05, 3.63) is 42.0 Å². The first-order chi connectivity index (χ1) is 10.5. The molecular formula is C18H23NO3. The summed E-state index contributed by atoms with van der Waals surface area (Å²) in [5, 5.41) is 14.9. The Morgan fingerprint density at radius 1 is 1.18 bits per heavy atom. The maximum atomic E-state index is 11.7. The summed E-state index contributed by atoms with van der Waals surface area (Å²) in [7, 11) is 0. The Hall–Kier alpha value is -1.91. The minimum absolute atomic E-state index is 0.0314. The van der Waals surface area contributed by atoms with Gasteiger partial charge >= 0.3 is 0 Å². The minimum Gasteiger partial charge on any atom is -0.490 e. The predicted molar refractivity (Wildman–Crippen MR) is 88.6 cm³/mol. The van der Waals surface area contributed by atoms with Gasteiger partial charge in [0, 0.05) is 23.5 Å². The van der Waals surface area contributed by atoms with Crippen LogP contribution in [-0.2, 0) is 0 Å². The molecule has 118 valence electrons. The van der Waals surface area contributed by atoms with Crippen LogP contribution in [0.15, 0.2) is 36.4 Å². The van der Waals surface area contributed by atoms with E-state index >= 15 is 0 Å². The number of carbonyl (C=O) groups is 1. The second-order valence-electron chi connectivity index (χ2n) is 5.74. The van der Waals surface area contributed by atoms with E-state index in [1.54, 1.807) is 19.1 Å². The lowest BCUT2D eigenvalue weighted by Gasteiger charge is -2.16. The quantitative estimate of drug-likeness (QED) is 0.772. The number of ether oxygens (including phenoxy) is 1. The predicted octanol–water partition coefficient (Wildman–Crippen LogP) is 2.78. The van der Waals surface area contributed by atoms with E-state index < -0.39 is 6.10 Å². The fourth-order valence-electron chi connectivity index (χ4n) is 2.32.